The third-order valence-electron chi connectivity index (χ3n) is 2.59. The smallest absolute Gasteiger partial charge is 0.341 e. The quantitative estimate of drug-likeness (QED) is 0.914. The number of carboxylic acid groups (broad SMARTS) is 1. The van der Waals surface area contributed by atoms with E-state index in [2.05, 4.69) is 0 Å². The summed E-state index contributed by atoms with van der Waals surface area (Å²) in [6.45, 7) is 0. The number of carboxylic acids is 1. The van der Waals surface area contributed by atoms with Gasteiger partial charge < -0.3 is 9.84 Å². The van der Waals surface area contributed by atoms with Gasteiger partial charge in [-0.3, -0.25) is 9.36 Å². The summed E-state index contributed by atoms with van der Waals surface area (Å²) in [6.07, 6.45) is 1.29. The van der Waals surface area contributed by atoms with Gasteiger partial charge in [0.15, 0.2) is 5.82 Å². The number of ether oxygens (including phenoxy) is 1. The van der Waals surface area contributed by atoms with Crippen molar-refractivity contribution in [2.45, 2.75) is 0 Å². The van der Waals surface area contributed by atoms with Gasteiger partial charge in [-0.15, -0.1) is 0 Å². The van der Waals surface area contributed by atoms with E-state index in [1.54, 1.807) is 0 Å². The van der Waals surface area contributed by atoms with E-state index < -0.39 is 22.9 Å². The van der Waals surface area contributed by atoms with E-state index in [1.165, 1.54) is 31.5 Å². The normalized spacial score (nSPS) is 10.2. The van der Waals surface area contributed by atoms with Gasteiger partial charge in [0, 0.05) is 6.20 Å². The van der Waals surface area contributed by atoms with Crippen LogP contribution in [0, 0.1) is 5.82 Å². The molecule has 1 N–H and O–H groups in total. The van der Waals surface area contributed by atoms with Crippen molar-refractivity contribution in [3.63, 3.8) is 0 Å². The Hall–Kier alpha value is -2.63. The average Bonchev–Trinajstić information content (AvgIpc) is 2.39. The van der Waals surface area contributed by atoms with Crippen LogP contribution in [-0.4, -0.2) is 22.8 Å². The van der Waals surface area contributed by atoms with Crippen molar-refractivity contribution in [2.24, 2.45) is 0 Å². The molecule has 5 nitrogen and oxygen atoms in total. The predicted molar refractivity (Wildman–Crippen MR) is 65.5 cm³/mol. The number of benzene rings is 1. The number of nitrogens with zero attached hydrogens (tertiary/aromatic N) is 1. The summed E-state index contributed by atoms with van der Waals surface area (Å²) in [4.78, 5) is 22.9. The molecule has 19 heavy (non-hydrogen) atoms. The van der Waals surface area contributed by atoms with E-state index in [9.17, 15) is 14.0 Å². The molecule has 1 aromatic heterocycles. The van der Waals surface area contributed by atoms with Crippen molar-refractivity contribution in [3.05, 3.63) is 58.3 Å². The number of halogens is 1. The highest BCUT2D eigenvalue weighted by Gasteiger charge is 2.16. The van der Waals surface area contributed by atoms with E-state index in [0.29, 0.717) is 0 Å². The Morgan fingerprint density at radius 1 is 1.32 bits per heavy atom. The van der Waals surface area contributed by atoms with Gasteiger partial charge >= 0.3 is 5.97 Å². The molecule has 0 saturated heterocycles. The molecule has 0 unspecified atom stereocenters. The Morgan fingerprint density at radius 3 is 2.68 bits per heavy atom. The maximum Gasteiger partial charge on any atom is 0.341 e. The third-order valence-corrected chi connectivity index (χ3v) is 2.59. The lowest BCUT2D eigenvalue weighted by atomic mass is 10.2. The molecular weight excluding hydrogens is 253 g/mol. The highest BCUT2D eigenvalue weighted by Crippen LogP contribution is 2.24. The molecule has 0 spiro atoms. The zero-order chi connectivity index (χ0) is 14.0. The predicted octanol–water partition coefficient (Wildman–Crippen LogP) is 1.68. The molecule has 1 aromatic carbocycles. The Labute approximate surface area is 107 Å². The summed E-state index contributed by atoms with van der Waals surface area (Å²) in [7, 11) is 1.34. The van der Waals surface area contributed by atoms with E-state index in [-0.39, 0.29) is 11.4 Å². The molecule has 0 fully saturated rings. The van der Waals surface area contributed by atoms with Crippen LogP contribution >= 0.6 is 0 Å². The molecule has 0 aliphatic rings. The van der Waals surface area contributed by atoms with Gasteiger partial charge in [-0.1, -0.05) is 6.07 Å². The summed E-state index contributed by atoms with van der Waals surface area (Å²) in [6, 6.07) is 6.60. The number of para-hydroxylation sites is 1. The van der Waals surface area contributed by atoms with Gasteiger partial charge in [-0.25, -0.2) is 9.18 Å². The lowest BCUT2D eigenvalue weighted by Crippen LogP contribution is -2.25. The highest BCUT2D eigenvalue weighted by molar-refractivity contribution is 5.87. The Kier molecular flexibility index (Phi) is 3.33. The van der Waals surface area contributed by atoms with Crippen LogP contribution in [0.5, 0.6) is 5.75 Å². The average molecular weight is 263 g/mol. The molecule has 98 valence electrons. The second kappa shape index (κ2) is 4.93. The number of methoxy groups -OCH3 is 1. The first-order valence-corrected chi connectivity index (χ1v) is 5.34. The summed E-state index contributed by atoms with van der Waals surface area (Å²) in [5.74, 6) is -1.90. The minimum absolute atomic E-state index is 0.113. The summed E-state index contributed by atoms with van der Waals surface area (Å²) >= 11 is 0. The van der Waals surface area contributed by atoms with Crippen LogP contribution < -0.4 is 10.3 Å². The van der Waals surface area contributed by atoms with Crippen molar-refractivity contribution in [1.82, 2.24) is 4.57 Å². The van der Waals surface area contributed by atoms with Gasteiger partial charge in [0.25, 0.3) is 5.56 Å². The number of rotatable bonds is 3. The topological polar surface area (TPSA) is 68.5 Å². The number of hydrogen-bond acceptors (Lipinski definition) is 3. The zero-order valence-electron chi connectivity index (χ0n) is 9.96. The Morgan fingerprint density at radius 2 is 2.05 bits per heavy atom. The van der Waals surface area contributed by atoms with Gasteiger partial charge in [0.05, 0.1) is 7.11 Å². The van der Waals surface area contributed by atoms with Gasteiger partial charge in [-0.05, 0) is 24.3 Å². The lowest BCUT2D eigenvalue weighted by molar-refractivity contribution is 0.0694. The van der Waals surface area contributed by atoms with E-state index in [0.717, 1.165) is 16.7 Å². The fourth-order valence-electron chi connectivity index (χ4n) is 1.73. The molecule has 6 heteroatoms. The standard InChI is InChI=1S/C13H10FNO4/c1-19-10-6-2-5-9(14)11(10)15-7-3-4-8(12(15)16)13(17)18/h2-7H,1H3,(H,17,18). The van der Waals surface area contributed by atoms with E-state index in [4.69, 9.17) is 9.84 Å². The number of pyridine rings is 1. The van der Waals surface area contributed by atoms with Crippen molar-refractivity contribution >= 4 is 5.97 Å². The Balaban J connectivity index is 2.77. The highest BCUT2D eigenvalue weighted by atomic mass is 19.1. The molecule has 0 aliphatic carbocycles. The zero-order valence-corrected chi connectivity index (χ0v) is 9.96. The van der Waals surface area contributed by atoms with Crippen LogP contribution in [0.1, 0.15) is 10.4 Å². The van der Waals surface area contributed by atoms with Crippen LogP contribution in [0.3, 0.4) is 0 Å². The van der Waals surface area contributed by atoms with Crippen molar-refractivity contribution in [3.8, 4) is 11.4 Å². The first-order chi connectivity index (χ1) is 9.06. The first kappa shape index (κ1) is 12.8. The minimum Gasteiger partial charge on any atom is -0.494 e. The number of carbonyl (C=O) groups is 1. The summed E-state index contributed by atoms with van der Waals surface area (Å²) < 4.78 is 19.8. The fourth-order valence-corrected chi connectivity index (χ4v) is 1.73. The second-order valence-corrected chi connectivity index (χ2v) is 3.69. The second-order valence-electron chi connectivity index (χ2n) is 3.69. The first-order valence-electron chi connectivity index (χ1n) is 5.34. The van der Waals surface area contributed by atoms with Gasteiger partial charge in [0.2, 0.25) is 0 Å². The van der Waals surface area contributed by atoms with Gasteiger partial charge in [0.1, 0.15) is 17.0 Å². The SMILES string of the molecule is COc1cccc(F)c1-n1cccc(C(=O)O)c1=O. The maximum absolute atomic E-state index is 13.8. The van der Waals surface area contributed by atoms with Crippen LogP contribution in [0.25, 0.3) is 5.69 Å². The molecule has 0 radical (unpaired) electrons. The third kappa shape index (κ3) is 2.20. The minimum atomic E-state index is -1.37. The lowest BCUT2D eigenvalue weighted by Gasteiger charge is -2.12. The molecule has 0 amide bonds. The fraction of sp³-hybridized carbons (Fsp3) is 0.0769. The van der Waals surface area contributed by atoms with Crippen LogP contribution in [0.4, 0.5) is 4.39 Å². The maximum atomic E-state index is 13.8. The van der Waals surface area contributed by atoms with Gasteiger partial charge in [-0.2, -0.15) is 0 Å². The van der Waals surface area contributed by atoms with Crippen LogP contribution in [0.2, 0.25) is 0 Å². The molecule has 2 rings (SSSR count). The number of hydrogen-bond donors (Lipinski definition) is 1. The molecule has 1 heterocycles. The van der Waals surface area contributed by atoms with Crippen LogP contribution in [-0.2, 0) is 0 Å². The molecule has 0 aliphatic heterocycles. The van der Waals surface area contributed by atoms with Crippen LogP contribution in [0.15, 0.2) is 41.3 Å². The molecule has 0 atom stereocenters. The van der Waals surface area contributed by atoms with E-state index in [1.807, 2.05) is 0 Å². The molecule has 2 aromatic rings. The van der Waals surface area contributed by atoms with E-state index >= 15 is 0 Å². The number of aromatic carboxylic acids is 1. The number of aromatic nitrogens is 1. The van der Waals surface area contributed by atoms with Crippen molar-refractivity contribution in [1.29, 1.82) is 0 Å². The summed E-state index contributed by atoms with van der Waals surface area (Å²) in [5, 5.41) is 8.89. The summed E-state index contributed by atoms with van der Waals surface area (Å²) in [5.41, 5.74) is -1.37. The monoisotopic (exact) mass is 263 g/mol. The molecule has 0 bridgehead atoms. The van der Waals surface area contributed by atoms with Crippen molar-refractivity contribution < 1.29 is 19.0 Å². The van der Waals surface area contributed by atoms with Crippen molar-refractivity contribution in [2.75, 3.05) is 7.11 Å². The molecular formula is C13H10FNO4. The largest absolute Gasteiger partial charge is 0.494 e. The molecule has 0 saturated carbocycles. The Bertz CT molecular complexity index is 693.